The Morgan fingerprint density at radius 3 is 2.38 bits per heavy atom. The number of rotatable bonds is 0. The van der Waals surface area contributed by atoms with Gasteiger partial charge in [-0.25, -0.2) is 0 Å². The molecular weight excluding hydrogens is 396 g/mol. The molecule has 0 amide bonds. The summed E-state index contributed by atoms with van der Waals surface area (Å²) in [4.78, 5) is 0.555. The Morgan fingerprint density at radius 1 is 1.06 bits per heavy atom. The number of hydrogen-bond donors (Lipinski definition) is 0. The summed E-state index contributed by atoms with van der Waals surface area (Å²) in [5.74, 6) is 3.13. The van der Waals surface area contributed by atoms with Crippen molar-refractivity contribution in [2.75, 3.05) is 0 Å². The van der Waals surface area contributed by atoms with Crippen LogP contribution in [0.15, 0.2) is 24.3 Å². The largest absolute Gasteiger partial charge is 0.0966 e. The first-order valence-corrected chi connectivity index (χ1v) is 8.23. The summed E-state index contributed by atoms with van der Waals surface area (Å²) in [5.41, 5.74) is 3.21. The lowest BCUT2D eigenvalue weighted by atomic mass is 9.61. The van der Waals surface area contributed by atoms with Crippen LogP contribution in [0.1, 0.15) is 29.4 Å². The predicted octanol–water partition coefficient (Wildman–Crippen LogP) is 4.77. The maximum absolute atomic E-state index is 3.89. The fourth-order valence-electron chi connectivity index (χ4n) is 4.15. The summed E-state index contributed by atoms with van der Waals surface area (Å²) in [6.07, 6.45) is 1.34. The molecule has 2 fully saturated rings. The van der Waals surface area contributed by atoms with Crippen LogP contribution in [0.3, 0.4) is 0 Å². The van der Waals surface area contributed by atoms with Crippen LogP contribution in [0, 0.1) is 11.8 Å². The highest BCUT2D eigenvalue weighted by Crippen LogP contribution is 2.74. The van der Waals surface area contributed by atoms with Crippen LogP contribution in [0.25, 0.3) is 0 Å². The van der Waals surface area contributed by atoms with Crippen molar-refractivity contribution in [3.05, 3.63) is 35.4 Å². The Bertz CT molecular complexity index is 468. The van der Waals surface area contributed by atoms with E-state index in [1.165, 1.54) is 6.42 Å². The van der Waals surface area contributed by atoms with Crippen LogP contribution < -0.4 is 0 Å². The van der Waals surface area contributed by atoms with E-state index >= 15 is 0 Å². The molecule has 3 aliphatic rings. The molecule has 1 aromatic carbocycles. The highest BCUT2D eigenvalue weighted by molar-refractivity contribution is 9.26. The molecular formula is C13H11Br3. The Hall–Kier alpha value is 0.660. The number of halogens is 3. The maximum Gasteiger partial charge on any atom is 0.0966 e. The van der Waals surface area contributed by atoms with Gasteiger partial charge in [0, 0.05) is 4.83 Å². The Kier molecular flexibility index (Phi) is 2.08. The highest BCUT2D eigenvalue weighted by Gasteiger charge is 2.67. The second-order valence-electron chi connectivity index (χ2n) is 5.26. The van der Waals surface area contributed by atoms with Crippen LogP contribution in [-0.2, 0) is 0 Å². The van der Waals surface area contributed by atoms with Crippen LogP contribution >= 0.6 is 47.8 Å². The molecule has 0 saturated heterocycles. The van der Waals surface area contributed by atoms with Gasteiger partial charge in [-0.05, 0) is 41.2 Å². The maximum atomic E-state index is 3.89. The fraction of sp³-hybridized carbons (Fsp3) is 0.538. The van der Waals surface area contributed by atoms with E-state index in [0.717, 1.165) is 23.7 Å². The average Bonchev–Trinajstić information content (AvgIpc) is 2.68. The van der Waals surface area contributed by atoms with E-state index in [1.54, 1.807) is 11.1 Å². The number of alkyl halides is 3. The zero-order chi connectivity index (χ0) is 11.1. The van der Waals surface area contributed by atoms with E-state index in [9.17, 15) is 0 Å². The van der Waals surface area contributed by atoms with Gasteiger partial charge in [-0.15, -0.1) is 0 Å². The molecule has 0 radical (unpaired) electrons. The van der Waals surface area contributed by atoms with Gasteiger partial charge in [-0.3, -0.25) is 0 Å². The molecule has 0 spiro atoms. The first kappa shape index (κ1) is 10.6. The molecule has 3 aliphatic carbocycles. The first-order valence-electron chi connectivity index (χ1n) is 5.73. The van der Waals surface area contributed by atoms with Crippen LogP contribution in [0.5, 0.6) is 0 Å². The highest BCUT2D eigenvalue weighted by atomic mass is 79.9. The van der Waals surface area contributed by atoms with Gasteiger partial charge in [0.25, 0.3) is 0 Å². The van der Waals surface area contributed by atoms with Gasteiger partial charge in [0.15, 0.2) is 0 Å². The molecule has 0 aliphatic heterocycles. The zero-order valence-electron chi connectivity index (χ0n) is 8.54. The lowest BCUT2D eigenvalue weighted by Gasteiger charge is -2.49. The van der Waals surface area contributed by atoms with Gasteiger partial charge in [-0.1, -0.05) is 72.1 Å². The van der Waals surface area contributed by atoms with Crippen LogP contribution in [0.4, 0.5) is 0 Å². The van der Waals surface area contributed by atoms with Gasteiger partial charge in [-0.2, -0.15) is 0 Å². The summed E-state index contributed by atoms with van der Waals surface area (Å²) in [7, 11) is 0. The second-order valence-corrected chi connectivity index (χ2v) is 9.94. The molecule has 0 heterocycles. The quantitative estimate of drug-likeness (QED) is 0.544. The van der Waals surface area contributed by atoms with E-state index in [1.807, 2.05) is 0 Å². The zero-order valence-corrected chi connectivity index (χ0v) is 13.3. The second kappa shape index (κ2) is 3.16. The van der Waals surface area contributed by atoms with Gasteiger partial charge < -0.3 is 0 Å². The third kappa shape index (κ3) is 1.03. The van der Waals surface area contributed by atoms with E-state index in [4.69, 9.17) is 0 Å². The molecule has 0 N–H and O–H groups in total. The van der Waals surface area contributed by atoms with Crippen molar-refractivity contribution in [3.63, 3.8) is 0 Å². The number of fused-ring (bicyclic) bond motifs is 8. The van der Waals surface area contributed by atoms with Crippen molar-refractivity contribution in [2.24, 2.45) is 11.8 Å². The minimum absolute atomic E-state index is 0.110. The lowest BCUT2D eigenvalue weighted by Crippen LogP contribution is -2.44. The van der Waals surface area contributed by atoms with Gasteiger partial charge in [0.05, 0.1) is 3.23 Å². The van der Waals surface area contributed by atoms with Crippen molar-refractivity contribution in [1.29, 1.82) is 0 Å². The predicted molar refractivity (Wildman–Crippen MR) is 76.8 cm³/mol. The third-order valence-electron chi connectivity index (χ3n) is 4.76. The Labute approximate surface area is 121 Å². The van der Waals surface area contributed by atoms with E-state index in [2.05, 4.69) is 72.1 Å². The van der Waals surface area contributed by atoms with E-state index < -0.39 is 0 Å². The third-order valence-corrected chi connectivity index (χ3v) is 9.55. The molecule has 84 valence electrons. The SMILES string of the molecule is Br[C@H]1[C@H]2C[C@H]([C@H]3c4ccccc4[C@@H]23)C1(Br)Br. The molecule has 4 rings (SSSR count). The standard InChI is InChI=1S/C13H11Br3/c14-12-8-5-9(13(12,15)16)11-7-4-2-1-3-6(7)10(8)11/h1-4,8-12H,5H2/t8-,9+,10-,11+,12-/m0/s1. The Morgan fingerprint density at radius 2 is 1.69 bits per heavy atom. The van der Waals surface area contributed by atoms with Gasteiger partial charge in [0.2, 0.25) is 0 Å². The smallest absolute Gasteiger partial charge is 0.0863 e. The van der Waals surface area contributed by atoms with Crippen molar-refractivity contribution in [3.8, 4) is 0 Å². The summed E-state index contributed by atoms with van der Waals surface area (Å²) in [6, 6.07) is 8.99. The fourth-order valence-corrected chi connectivity index (χ4v) is 6.65. The van der Waals surface area contributed by atoms with E-state index in [0.29, 0.717) is 4.83 Å². The summed E-state index contributed by atoms with van der Waals surface area (Å²) in [5, 5.41) is 0. The molecule has 16 heavy (non-hydrogen) atoms. The molecule has 0 nitrogen and oxygen atoms in total. The molecule has 3 heteroatoms. The van der Waals surface area contributed by atoms with Crippen molar-refractivity contribution in [1.82, 2.24) is 0 Å². The van der Waals surface area contributed by atoms with Crippen molar-refractivity contribution < 1.29 is 0 Å². The monoisotopic (exact) mass is 404 g/mol. The minimum Gasteiger partial charge on any atom is -0.0863 e. The van der Waals surface area contributed by atoms with Crippen molar-refractivity contribution >= 4 is 47.8 Å². The molecule has 2 bridgehead atoms. The van der Waals surface area contributed by atoms with Gasteiger partial charge in [0.1, 0.15) is 0 Å². The molecule has 5 atom stereocenters. The Balaban J connectivity index is 1.85. The minimum atomic E-state index is 0.110. The first-order chi connectivity index (χ1) is 7.62. The van der Waals surface area contributed by atoms with E-state index in [-0.39, 0.29) is 3.23 Å². The lowest BCUT2D eigenvalue weighted by molar-refractivity contribution is 0.332. The molecule has 0 aromatic heterocycles. The van der Waals surface area contributed by atoms with Crippen molar-refractivity contribution in [2.45, 2.75) is 26.3 Å². The topological polar surface area (TPSA) is 0 Å². The summed E-state index contributed by atoms with van der Waals surface area (Å²) >= 11 is 11.7. The number of benzene rings is 1. The van der Waals surface area contributed by atoms with Gasteiger partial charge >= 0.3 is 0 Å². The summed E-state index contributed by atoms with van der Waals surface area (Å²) in [6.45, 7) is 0. The molecule has 0 unspecified atom stereocenters. The normalized spacial score (nSPS) is 46.1. The molecule has 1 aromatic rings. The van der Waals surface area contributed by atoms with Crippen LogP contribution in [-0.4, -0.2) is 8.06 Å². The number of hydrogen-bond acceptors (Lipinski definition) is 0. The molecule has 2 saturated carbocycles. The average molecular weight is 407 g/mol. The summed E-state index contributed by atoms with van der Waals surface area (Å²) < 4.78 is 0.110. The van der Waals surface area contributed by atoms with Crippen LogP contribution in [0.2, 0.25) is 0 Å².